The summed E-state index contributed by atoms with van der Waals surface area (Å²) in [7, 11) is 0. The molecule has 1 heterocycles. The number of nitrogens with one attached hydrogen (secondary N) is 1. The highest BCUT2D eigenvalue weighted by atomic mass is 16.5. The lowest BCUT2D eigenvalue weighted by Gasteiger charge is -2.40. The lowest BCUT2D eigenvalue weighted by molar-refractivity contribution is -0.121. The minimum absolute atomic E-state index is 0.0244. The molecule has 0 saturated carbocycles. The number of rotatable bonds is 5. The first-order chi connectivity index (χ1) is 14.1. The van der Waals surface area contributed by atoms with Crippen molar-refractivity contribution in [2.75, 3.05) is 16.8 Å². The van der Waals surface area contributed by atoms with Crippen molar-refractivity contribution in [3.8, 4) is 5.75 Å². The van der Waals surface area contributed by atoms with Crippen LogP contribution in [0.4, 0.5) is 11.4 Å². The van der Waals surface area contributed by atoms with Crippen molar-refractivity contribution in [1.29, 1.82) is 0 Å². The number of hydrogen-bond donors (Lipinski definition) is 1. The Morgan fingerprint density at radius 1 is 1.00 bits per heavy atom. The number of hydrogen-bond acceptors (Lipinski definition) is 3. The molecule has 1 amide bonds. The Kier molecular flexibility index (Phi) is 5.52. The minimum Gasteiger partial charge on any atom is -0.484 e. The summed E-state index contributed by atoms with van der Waals surface area (Å²) >= 11 is 0. The van der Waals surface area contributed by atoms with E-state index in [9.17, 15) is 4.79 Å². The number of aryl methyl sites for hydroxylation is 1. The Hall–Kier alpha value is -3.27. The molecule has 4 heteroatoms. The van der Waals surface area contributed by atoms with Gasteiger partial charge in [0.2, 0.25) is 0 Å². The highest BCUT2D eigenvalue weighted by Gasteiger charge is 2.33. The monoisotopic (exact) mass is 386 g/mol. The minimum atomic E-state index is -0.0244. The molecule has 0 bridgehead atoms. The first-order valence-electron chi connectivity index (χ1n) is 10.0. The predicted molar refractivity (Wildman–Crippen MR) is 117 cm³/mol. The lowest BCUT2D eigenvalue weighted by atomic mass is 9.91. The number of carbonyl (C=O) groups is 1. The molecule has 3 aromatic rings. The SMILES string of the molecule is Cc1ccc(OCC(=O)N2c3ccccc3[C@@H](Nc3ccccc3)C[C@H]2C)cc1. The zero-order valence-corrected chi connectivity index (χ0v) is 16.8. The average molecular weight is 386 g/mol. The number of benzene rings is 3. The molecule has 0 radical (unpaired) electrons. The predicted octanol–water partition coefficient (Wildman–Crippen LogP) is 5.35. The van der Waals surface area contributed by atoms with E-state index in [4.69, 9.17) is 4.74 Å². The molecule has 3 aromatic carbocycles. The number of anilines is 2. The second-order valence-corrected chi connectivity index (χ2v) is 7.57. The highest BCUT2D eigenvalue weighted by Crippen LogP contribution is 2.38. The smallest absolute Gasteiger partial charge is 0.265 e. The first-order valence-corrected chi connectivity index (χ1v) is 10.0. The number of fused-ring (bicyclic) bond motifs is 1. The molecule has 0 aliphatic carbocycles. The van der Waals surface area contributed by atoms with Gasteiger partial charge in [0, 0.05) is 17.4 Å². The summed E-state index contributed by atoms with van der Waals surface area (Å²) in [5, 5.41) is 3.62. The van der Waals surface area contributed by atoms with Crippen molar-refractivity contribution in [2.24, 2.45) is 0 Å². The van der Waals surface area contributed by atoms with Crippen molar-refractivity contribution >= 4 is 17.3 Å². The highest BCUT2D eigenvalue weighted by molar-refractivity contribution is 5.96. The van der Waals surface area contributed by atoms with Crippen LogP contribution in [0, 0.1) is 6.92 Å². The summed E-state index contributed by atoms with van der Waals surface area (Å²) in [4.78, 5) is 14.9. The van der Waals surface area contributed by atoms with Crippen LogP contribution in [0.3, 0.4) is 0 Å². The summed E-state index contributed by atoms with van der Waals surface area (Å²) < 4.78 is 5.76. The van der Waals surface area contributed by atoms with Gasteiger partial charge in [-0.25, -0.2) is 0 Å². The molecular weight excluding hydrogens is 360 g/mol. The van der Waals surface area contributed by atoms with Gasteiger partial charge in [-0.1, -0.05) is 54.1 Å². The third kappa shape index (κ3) is 4.27. The Balaban J connectivity index is 1.53. The fraction of sp³-hybridized carbons (Fsp3) is 0.240. The molecule has 148 valence electrons. The Labute approximate surface area is 172 Å². The van der Waals surface area contributed by atoms with E-state index in [2.05, 4.69) is 30.4 Å². The Bertz CT molecular complexity index is 970. The van der Waals surface area contributed by atoms with Gasteiger partial charge in [0.25, 0.3) is 5.91 Å². The number of nitrogens with zero attached hydrogens (tertiary/aromatic N) is 1. The molecule has 29 heavy (non-hydrogen) atoms. The summed E-state index contributed by atoms with van der Waals surface area (Å²) in [5.41, 5.74) is 4.34. The fourth-order valence-electron chi connectivity index (χ4n) is 3.91. The van der Waals surface area contributed by atoms with Crippen LogP contribution >= 0.6 is 0 Å². The molecule has 2 atom stereocenters. The van der Waals surface area contributed by atoms with Crippen LogP contribution in [0.25, 0.3) is 0 Å². The van der Waals surface area contributed by atoms with Crippen molar-refractivity contribution in [3.63, 3.8) is 0 Å². The Morgan fingerprint density at radius 3 is 2.45 bits per heavy atom. The van der Waals surface area contributed by atoms with Crippen LogP contribution < -0.4 is 15.0 Å². The van der Waals surface area contributed by atoms with Crippen LogP contribution in [0.15, 0.2) is 78.9 Å². The van der Waals surface area contributed by atoms with Crippen LogP contribution in [0.1, 0.15) is 30.5 Å². The topological polar surface area (TPSA) is 41.6 Å². The number of amides is 1. The van der Waals surface area contributed by atoms with Gasteiger partial charge in [-0.2, -0.15) is 0 Å². The van der Waals surface area contributed by atoms with E-state index < -0.39 is 0 Å². The molecule has 4 rings (SSSR count). The molecule has 1 aliphatic rings. The van der Waals surface area contributed by atoms with Gasteiger partial charge in [-0.3, -0.25) is 4.79 Å². The normalized spacial score (nSPS) is 18.1. The van der Waals surface area contributed by atoms with Crippen LogP contribution in [-0.4, -0.2) is 18.6 Å². The maximum atomic E-state index is 13.1. The number of para-hydroxylation sites is 2. The zero-order chi connectivity index (χ0) is 20.2. The molecule has 4 nitrogen and oxygen atoms in total. The van der Waals surface area contributed by atoms with Crippen molar-refractivity contribution < 1.29 is 9.53 Å². The molecule has 0 fully saturated rings. The first kappa shape index (κ1) is 19.1. The van der Waals surface area contributed by atoms with Gasteiger partial charge in [0.1, 0.15) is 5.75 Å². The van der Waals surface area contributed by atoms with Crippen LogP contribution in [0.5, 0.6) is 5.75 Å². The van der Waals surface area contributed by atoms with Crippen molar-refractivity contribution in [1.82, 2.24) is 0 Å². The second-order valence-electron chi connectivity index (χ2n) is 7.57. The van der Waals surface area contributed by atoms with Gasteiger partial charge < -0.3 is 15.0 Å². The maximum absolute atomic E-state index is 13.1. The third-order valence-electron chi connectivity index (χ3n) is 5.36. The van der Waals surface area contributed by atoms with Crippen molar-refractivity contribution in [3.05, 3.63) is 90.0 Å². The third-order valence-corrected chi connectivity index (χ3v) is 5.36. The van der Waals surface area contributed by atoms with Gasteiger partial charge in [-0.05, 0) is 56.2 Å². The quantitative estimate of drug-likeness (QED) is 0.642. The van der Waals surface area contributed by atoms with Crippen molar-refractivity contribution in [2.45, 2.75) is 32.4 Å². The van der Waals surface area contributed by atoms with E-state index in [1.807, 2.05) is 72.5 Å². The maximum Gasteiger partial charge on any atom is 0.265 e. The standard InChI is InChI=1S/C25H26N2O2/c1-18-12-14-21(15-13-18)29-17-25(28)27-19(2)16-23(22-10-6-7-11-24(22)27)26-20-8-4-3-5-9-20/h3-15,19,23,26H,16-17H2,1-2H3/t19-,23+/m1/s1. The lowest BCUT2D eigenvalue weighted by Crippen LogP contribution is -2.46. The van der Waals surface area contributed by atoms with Crippen LogP contribution in [-0.2, 0) is 4.79 Å². The van der Waals surface area contributed by atoms with Gasteiger partial charge in [-0.15, -0.1) is 0 Å². The van der Waals surface area contributed by atoms with Gasteiger partial charge in [0.15, 0.2) is 6.61 Å². The summed E-state index contributed by atoms with van der Waals surface area (Å²) in [6, 6.07) is 26.3. The van der Waals surface area contributed by atoms with Gasteiger partial charge >= 0.3 is 0 Å². The van der Waals surface area contributed by atoms with E-state index >= 15 is 0 Å². The fourth-order valence-corrected chi connectivity index (χ4v) is 3.91. The summed E-state index contributed by atoms with van der Waals surface area (Å²) in [5.74, 6) is 0.689. The summed E-state index contributed by atoms with van der Waals surface area (Å²) in [6.45, 7) is 4.15. The molecule has 0 saturated heterocycles. The molecule has 0 unspecified atom stereocenters. The molecule has 0 spiro atoms. The largest absolute Gasteiger partial charge is 0.484 e. The van der Waals surface area contributed by atoms with E-state index in [0.29, 0.717) is 5.75 Å². The second kappa shape index (κ2) is 8.39. The molecule has 0 aromatic heterocycles. The van der Waals surface area contributed by atoms with E-state index in [-0.39, 0.29) is 24.6 Å². The number of ether oxygens (including phenoxy) is 1. The molecule has 1 aliphatic heterocycles. The van der Waals surface area contributed by atoms with Crippen LogP contribution in [0.2, 0.25) is 0 Å². The molecule has 1 N–H and O–H groups in total. The summed E-state index contributed by atoms with van der Waals surface area (Å²) in [6.07, 6.45) is 0.835. The average Bonchev–Trinajstić information content (AvgIpc) is 2.74. The number of carbonyl (C=O) groups excluding carboxylic acids is 1. The van der Waals surface area contributed by atoms with Gasteiger partial charge in [0.05, 0.1) is 6.04 Å². The Morgan fingerprint density at radius 2 is 1.69 bits per heavy atom. The molecular formula is C25H26N2O2. The zero-order valence-electron chi connectivity index (χ0n) is 16.8. The van der Waals surface area contributed by atoms with E-state index in [1.165, 1.54) is 5.56 Å². The van der Waals surface area contributed by atoms with E-state index in [1.54, 1.807) is 0 Å². The van der Waals surface area contributed by atoms with E-state index in [0.717, 1.165) is 23.4 Å².